The number of nitrogens with zero attached hydrogens (tertiary/aromatic N) is 2. The molecular formula is C18H30N2O4. The van der Waals surface area contributed by atoms with Crippen molar-refractivity contribution in [3.05, 3.63) is 0 Å². The second kappa shape index (κ2) is 9.64. The van der Waals surface area contributed by atoms with Gasteiger partial charge >= 0.3 is 5.97 Å². The van der Waals surface area contributed by atoms with Crippen LogP contribution in [0.15, 0.2) is 0 Å². The minimum Gasteiger partial charge on any atom is -0.469 e. The highest BCUT2D eigenvalue weighted by molar-refractivity contribution is 5.77. The number of amides is 2. The maximum atomic E-state index is 12.3. The molecule has 2 rings (SSSR count). The molecule has 0 aromatic carbocycles. The lowest BCUT2D eigenvalue weighted by Crippen LogP contribution is -2.40. The van der Waals surface area contributed by atoms with Gasteiger partial charge in [-0.25, -0.2) is 0 Å². The second-order valence-corrected chi connectivity index (χ2v) is 6.90. The van der Waals surface area contributed by atoms with Gasteiger partial charge in [0.25, 0.3) is 0 Å². The Bertz CT molecular complexity index is 446. The molecule has 2 aliphatic rings. The quantitative estimate of drug-likeness (QED) is 0.666. The Morgan fingerprint density at radius 1 is 0.917 bits per heavy atom. The van der Waals surface area contributed by atoms with Crippen molar-refractivity contribution in [1.82, 2.24) is 9.80 Å². The summed E-state index contributed by atoms with van der Waals surface area (Å²) in [6, 6.07) is 0. The van der Waals surface area contributed by atoms with E-state index in [0.29, 0.717) is 31.6 Å². The molecule has 6 nitrogen and oxygen atoms in total. The third-order valence-corrected chi connectivity index (χ3v) is 5.10. The number of rotatable bonds is 7. The van der Waals surface area contributed by atoms with E-state index in [1.165, 1.54) is 7.11 Å². The first-order valence-electron chi connectivity index (χ1n) is 9.22. The first kappa shape index (κ1) is 18.7. The summed E-state index contributed by atoms with van der Waals surface area (Å²) in [6.45, 7) is 3.38. The molecule has 136 valence electrons. The predicted octanol–water partition coefficient (Wildman–Crippen LogP) is 1.97. The summed E-state index contributed by atoms with van der Waals surface area (Å²) >= 11 is 0. The van der Waals surface area contributed by atoms with E-state index < -0.39 is 0 Å². The summed E-state index contributed by atoms with van der Waals surface area (Å²) in [5.41, 5.74) is 0. The lowest BCUT2D eigenvalue weighted by atomic mass is 9.93. The zero-order valence-corrected chi connectivity index (χ0v) is 14.8. The van der Waals surface area contributed by atoms with Crippen molar-refractivity contribution in [2.75, 3.05) is 33.3 Å². The zero-order chi connectivity index (χ0) is 17.4. The number of carbonyl (C=O) groups is 3. The van der Waals surface area contributed by atoms with Crippen LogP contribution in [0.1, 0.15) is 57.8 Å². The summed E-state index contributed by atoms with van der Waals surface area (Å²) in [5.74, 6) is 0.554. The third-order valence-electron chi connectivity index (χ3n) is 5.10. The molecule has 2 heterocycles. The van der Waals surface area contributed by atoms with Crippen LogP contribution < -0.4 is 0 Å². The fraction of sp³-hybridized carbons (Fsp3) is 0.833. The minimum absolute atomic E-state index is 0.120. The van der Waals surface area contributed by atoms with Crippen LogP contribution in [0.25, 0.3) is 0 Å². The number of carbonyl (C=O) groups excluding carboxylic acids is 3. The van der Waals surface area contributed by atoms with Crippen LogP contribution in [-0.2, 0) is 19.1 Å². The molecule has 0 bridgehead atoms. The zero-order valence-electron chi connectivity index (χ0n) is 14.8. The minimum atomic E-state index is -0.264. The smallest absolute Gasteiger partial charge is 0.305 e. The summed E-state index contributed by atoms with van der Waals surface area (Å²) in [4.78, 5) is 39.4. The topological polar surface area (TPSA) is 66.9 Å². The Hall–Kier alpha value is -1.59. The summed E-state index contributed by atoms with van der Waals surface area (Å²) in [7, 11) is 1.36. The van der Waals surface area contributed by atoms with Gasteiger partial charge in [-0.05, 0) is 44.4 Å². The SMILES string of the molecule is COC(=O)CCCC(=O)N1CCC[C@@H](CCC(=O)N2CCCC2)C1. The van der Waals surface area contributed by atoms with E-state index in [2.05, 4.69) is 4.74 Å². The molecule has 0 radical (unpaired) electrons. The van der Waals surface area contributed by atoms with Crippen molar-refractivity contribution in [2.24, 2.45) is 5.92 Å². The summed E-state index contributed by atoms with van der Waals surface area (Å²) < 4.78 is 4.59. The highest BCUT2D eigenvalue weighted by Crippen LogP contribution is 2.23. The fourth-order valence-corrected chi connectivity index (χ4v) is 3.62. The second-order valence-electron chi connectivity index (χ2n) is 6.90. The molecule has 2 amide bonds. The van der Waals surface area contributed by atoms with E-state index in [1.54, 1.807) is 0 Å². The molecule has 1 atom stereocenters. The van der Waals surface area contributed by atoms with Gasteiger partial charge in [0.1, 0.15) is 0 Å². The lowest BCUT2D eigenvalue weighted by Gasteiger charge is -2.33. The molecule has 2 aliphatic heterocycles. The molecule has 0 saturated carbocycles. The molecular weight excluding hydrogens is 308 g/mol. The number of likely N-dealkylation sites (tertiary alicyclic amines) is 2. The van der Waals surface area contributed by atoms with Gasteiger partial charge in [-0.2, -0.15) is 0 Å². The molecule has 0 spiro atoms. The largest absolute Gasteiger partial charge is 0.469 e. The highest BCUT2D eigenvalue weighted by Gasteiger charge is 2.25. The van der Waals surface area contributed by atoms with E-state index in [4.69, 9.17) is 0 Å². The standard InChI is InChI=1S/C18H30N2O4/c1-24-18(23)8-4-7-16(21)20-13-5-6-15(14-20)9-10-17(22)19-11-2-3-12-19/h15H,2-14H2,1H3/t15-/m0/s1. The Morgan fingerprint density at radius 2 is 1.58 bits per heavy atom. The van der Waals surface area contributed by atoms with Gasteiger partial charge in [0.2, 0.25) is 11.8 Å². The van der Waals surface area contributed by atoms with Crippen LogP contribution in [0.5, 0.6) is 0 Å². The van der Waals surface area contributed by atoms with E-state index in [-0.39, 0.29) is 17.8 Å². The van der Waals surface area contributed by atoms with Crippen LogP contribution in [0.2, 0.25) is 0 Å². The van der Waals surface area contributed by atoms with Gasteiger partial charge < -0.3 is 14.5 Å². The van der Waals surface area contributed by atoms with Crippen molar-refractivity contribution in [3.8, 4) is 0 Å². The van der Waals surface area contributed by atoms with E-state index in [9.17, 15) is 14.4 Å². The monoisotopic (exact) mass is 338 g/mol. The number of ether oxygens (including phenoxy) is 1. The normalized spacial score (nSPS) is 21.0. The van der Waals surface area contributed by atoms with Gasteiger partial charge in [-0.1, -0.05) is 0 Å². The van der Waals surface area contributed by atoms with Crippen molar-refractivity contribution in [1.29, 1.82) is 0 Å². The summed E-state index contributed by atoms with van der Waals surface area (Å²) in [6.07, 6.45) is 7.07. The van der Waals surface area contributed by atoms with Gasteiger partial charge in [-0.15, -0.1) is 0 Å². The molecule has 0 aliphatic carbocycles. The lowest BCUT2D eigenvalue weighted by molar-refractivity contribution is -0.141. The Morgan fingerprint density at radius 3 is 2.29 bits per heavy atom. The van der Waals surface area contributed by atoms with Crippen LogP contribution >= 0.6 is 0 Å². The van der Waals surface area contributed by atoms with Crippen LogP contribution in [0.3, 0.4) is 0 Å². The van der Waals surface area contributed by atoms with Gasteiger partial charge in [-0.3, -0.25) is 14.4 Å². The highest BCUT2D eigenvalue weighted by atomic mass is 16.5. The molecule has 24 heavy (non-hydrogen) atoms. The van der Waals surface area contributed by atoms with Gasteiger partial charge in [0, 0.05) is 45.4 Å². The molecule has 2 saturated heterocycles. The number of hydrogen-bond acceptors (Lipinski definition) is 4. The van der Waals surface area contributed by atoms with Gasteiger partial charge in [0.05, 0.1) is 7.11 Å². The van der Waals surface area contributed by atoms with Crippen molar-refractivity contribution in [2.45, 2.75) is 57.8 Å². The van der Waals surface area contributed by atoms with E-state index in [1.807, 2.05) is 9.80 Å². The molecule has 6 heteroatoms. The van der Waals surface area contributed by atoms with Crippen LogP contribution in [0.4, 0.5) is 0 Å². The van der Waals surface area contributed by atoms with E-state index in [0.717, 1.165) is 58.3 Å². The first-order valence-corrected chi connectivity index (χ1v) is 9.22. The average molecular weight is 338 g/mol. The number of piperidine rings is 1. The maximum absolute atomic E-state index is 12.3. The van der Waals surface area contributed by atoms with Crippen molar-refractivity contribution >= 4 is 17.8 Å². The van der Waals surface area contributed by atoms with E-state index >= 15 is 0 Å². The average Bonchev–Trinajstić information content (AvgIpc) is 3.14. The number of methoxy groups -OCH3 is 1. The maximum Gasteiger partial charge on any atom is 0.305 e. The molecule has 0 aromatic heterocycles. The van der Waals surface area contributed by atoms with Gasteiger partial charge in [0.15, 0.2) is 0 Å². The van der Waals surface area contributed by atoms with Crippen molar-refractivity contribution < 1.29 is 19.1 Å². The Labute approximate surface area is 144 Å². The third kappa shape index (κ3) is 5.80. The Kier molecular flexibility index (Phi) is 7.53. The first-order chi connectivity index (χ1) is 11.6. The Balaban J connectivity index is 1.67. The predicted molar refractivity (Wildman–Crippen MR) is 90.2 cm³/mol. The fourth-order valence-electron chi connectivity index (χ4n) is 3.62. The van der Waals surface area contributed by atoms with Crippen LogP contribution in [-0.4, -0.2) is 60.9 Å². The molecule has 0 N–H and O–H groups in total. The molecule has 0 aromatic rings. The van der Waals surface area contributed by atoms with Crippen LogP contribution in [0, 0.1) is 5.92 Å². The number of esters is 1. The molecule has 2 fully saturated rings. The van der Waals surface area contributed by atoms with Crippen molar-refractivity contribution in [3.63, 3.8) is 0 Å². The molecule has 0 unspecified atom stereocenters. The number of hydrogen-bond donors (Lipinski definition) is 0. The summed E-state index contributed by atoms with van der Waals surface area (Å²) in [5, 5.41) is 0.